The molecule has 21 heavy (non-hydrogen) atoms. The van der Waals surface area contributed by atoms with Gasteiger partial charge in [-0.3, -0.25) is 4.67 Å². The van der Waals surface area contributed by atoms with Crippen molar-refractivity contribution in [1.29, 1.82) is 0 Å². The average molecular weight is 299 g/mol. The summed E-state index contributed by atoms with van der Waals surface area (Å²) in [4.78, 5) is 0. The predicted molar refractivity (Wildman–Crippen MR) is 95.8 cm³/mol. The number of nitrogens with zero attached hydrogens (tertiary/aromatic N) is 1. The van der Waals surface area contributed by atoms with Gasteiger partial charge in [0.1, 0.15) is 0 Å². The third-order valence-electron chi connectivity index (χ3n) is 3.68. The van der Waals surface area contributed by atoms with Crippen LogP contribution in [0.25, 0.3) is 0 Å². The molecule has 0 aromatic heterocycles. The molecule has 2 aromatic carbocycles. The number of unbranched alkanes of at least 4 members (excludes halogenated alkanes) is 3. The highest BCUT2D eigenvalue weighted by molar-refractivity contribution is 7.70. The molecule has 0 amide bonds. The summed E-state index contributed by atoms with van der Waals surface area (Å²) in [6, 6.07) is 21.9. The lowest BCUT2D eigenvalue weighted by Crippen LogP contribution is -2.26. The molecule has 2 aromatic rings. The summed E-state index contributed by atoms with van der Waals surface area (Å²) in [7, 11) is 1.88. The maximum atomic E-state index is 2.55. The Balaban J connectivity index is 2.13. The highest BCUT2D eigenvalue weighted by Crippen LogP contribution is 2.36. The van der Waals surface area contributed by atoms with Crippen LogP contribution in [0.5, 0.6) is 0 Å². The summed E-state index contributed by atoms with van der Waals surface area (Å²) in [6.07, 6.45) is 5.29. The fourth-order valence-corrected chi connectivity index (χ4v) is 4.89. The van der Waals surface area contributed by atoms with Gasteiger partial charge in [-0.1, -0.05) is 86.8 Å². The first kappa shape index (κ1) is 16.2. The highest BCUT2D eigenvalue weighted by atomic mass is 31.1. The van der Waals surface area contributed by atoms with Crippen LogP contribution in [-0.2, 0) is 0 Å². The van der Waals surface area contributed by atoms with Crippen molar-refractivity contribution in [2.45, 2.75) is 32.6 Å². The summed E-state index contributed by atoms with van der Waals surface area (Å²) in [6.45, 7) is 3.44. The molecule has 2 heteroatoms. The summed E-state index contributed by atoms with van der Waals surface area (Å²) in [5.74, 6) is 0. The molecule has 0 atom stereocenters. The van der Waals surface area contributed by atoms with Gasteiger partial charge < -0.3 is 0 Å². The van der Waals surface area contributed by atoms with Crippen molar-refractivity contribution >= 4 is 18.7 Å². The number of benzene rings is 2. The molecular formula is C19H26NP. The first-order chi connectivity index (χ1) is 10.3. The van der Waals surface area contributed by atoms with Crippen molar-refractivity contribution in [2.75, 3.05) is 13.6 Å². The average Bonchev–Trinajstić information content (AvgIpc) is 2.54. The molecule has 112 valence electrons. The van der Waals surface area contributed by atoms with Crippen LogP contribution in [0.2, 0.25) is 0 Å². The molecule has 0 saturated heterocycles. The Morgan fingerprint density at radius 2 is 1.29 bits per heavy atom. The lowest BCUT2D eigenvalue weighted by atomic mass is 10.2. The van der Waals surface area contributed by atoms with Crippen molar-refractivity contribution < 1.29 is 0 Å². The predicted octanol–water partition coefficient (Wildman–Crippen LogP) is 4.55. The van der Waals surface area contributed by atoms with Gasteiger partial charge in [-0.25, -0.2) is 0 Å². The van der Waals surface area contributed by atoms with Crippen LogP contribution in [0.3, 0.4) is 0 Å². The third-order valence-corrected chi connectivity index (χ3v) is 6.14. The fraction of sp³-hybridized carbons (Fsp3) is 0.368. The van der Waals surface area contributed by atoms with Gasteiger partial charge >= 0.3 is 0 Å². The summed E-state index contributed by atoms with van der Waals surface area (Å²) < 4.78 is 2.55. The van der Waals surface area contributed by atoms with Gasteiger partial charge in [0.05, 0.1) is 0 Å². The molecule has 0 unspecified atom stereocenters. The molecule has 2 rings (SSSR count). The van der Waals surface area contributed by atoms with E-state index in [1.54, 1.807) is 0 Å². The van der Waals surface area contributed by atoms with E-state index in [0.717, 1.165) is 0 Å². The van der Waals surface area contributed by atoms with E-state index in [9.17, 15) is 0 Å². The van der Waals surface area contributed by atoms with Gasteiger partial charge in [0, 0.05) is 14.6 Å². The standard InChI is InChI=1S/C19H26NP/c1-3-4-5-12-17-20(2)21(18-13-8-6-9-14-18)19-15-10-7-11-16-19/h6-11,13-16H,3-5,12,17H2,1-2H3. The summed E-state index contributed by atoms with van der Waals surface area (Å²) in [5.41, 5.74) is 0. The van der Waals surface area contributed by atoms with Crippen LogP contribution in [0, 0.1) is 0 Å². The van der Waals surface area contributed by atoms with Crippen LogP contribution < -0.4 is 10.6 Å². The van der Waals surface area contributed by atoms with E-state index >= 15 is 0 Å². The lowest BCUT2D eigenvalue weighted by molar-refractivity contribution is 0.509. The second kappa shape index (κ2) is 8.97. The molecule has 0 radical (unpaired) electrons. The molecule has 0 bridgehead atoms. The first-order valence-electron chi connectivity index (χ1n) is 7.94. The van der Waals surface area contributed by atoms with E-state index in [2.05, 4.69) is 79.3 Å². The monoisotopic (exact) mass is 299 g/mol. The van der Waals surface area contributed by atoms with Gasteiger partial charge in [-0.2, -0.15) is 0 Å². The minimum absolute atomic E-state index is 0.400. The molecule has 0 aliphatic carbocycles. The zero-order valence-electron chi connectivity index (χ0n) is 13.2. The van der Waals surface area contributed by atoms with Gasteiger partial charge in [0.25, 0.3) is 0 Å². The topological polar surface area (TPSA) is 3.24 Å². The van der Waals surface area contributed by atoms with E-state index in [4.69, 9.17) is 0 Å². The van der Waals surface area contributed by atoms with Crippen LogP contribution >= 0.6 is 8.07 Å². The minimum Gasteiger partial charge on any atom is -0.278 e. The maximum absolute atomic E-state index is 2.55. The molecule has 0 N–H and O–H groups in total. The normalized spacial score (nSPS) is 11.2. The maximum Gasteiger partial charge on any atom is 0.0278 e. The quantitative estimate of drug-likeness (QED) is 0.511. The van der Waals surface area contributed by atoms with Crippen molar-refractivity contribution in [3.05, 3.63) is 60.7 Å². The van der Waals surface area contributed by atoms with Crippen molar-refractivity contribution in [3.8, 4) is 0 Å². The van der Waals surface area contributed by atoms with E-state index in [1.807, 2.05) is 0 Å². The fourth-order valence-electron chi connectivity index (χ4n) is 2.55. The highest BCUT2D eigenvalue weighted by Gasteiger charge is 2.18. The van der Waals surface area contributed by atoms with Crippen molar-refractivity contribution in [1.82, 2.24) is 4.67 Å². The molecule has 0 heterocycles. The van der Waals surface area contributed by atoms with Crippen molar-refractivity contribution in [2.24, 2.45) is 0 Å². The van der Waals surface area contributed by atoms with E-state index < -0.39 is 8.07 Å². The molecule has 0 fully saturated rings. The van der Waals surface area contributed by atoms with Gasteiger partial charge in [0.2, 0.25) is 0 Å². The Hall–Kier alpha value is -1.17. The SMILES string of the molecule is CCCCCCN(C)P(c1ccccc1)c1ccccc1. The molecule has 0 spiro atoms. The van der Waals surface area contributed by atoms with Gasteiger partial charge in [-0.15, -0.1) is 0 Å². The Morgan fingerprint density at radius 3 is 1.76 bits per heavy atom. The lowest BCUT2D eigenvalue weighted by Gasteiger charge is -2.29. The van der Waals surface area contributed by atoms with Crippen LogP contribution in [0.4, 0.5) is 0 Å². The van der Waals surface area contributed by atoms with Crippen LogP contribution in [0.15, 0.2) is 60.7 Å². The van der Waals surface area contributed by atoms with Gasteiger partial charge in [0.15, 0.2) is 0 Å². The van der Waals surface area contributed by atoms with E-state index in [1.165, 1.54) is 42.8 Å². The number of hydrogen-bond acceptors (Lipinski definition) is 1. The molecule has 0 aliphatic rings. The second-order valence-electron chi connectivity index (χ2n) is 5.42. The third kappa shape index (κ3) is 4.95. The van der Waals surface area contributed by atoms with E-state index in [-0.39, 0.29) is 0 Å². The number of rotatable bonds is 8. The minimum atomic E-state index is -0.400. The van der Waals surface area contributed by atoms with Gasteiger partial charge in [-0.05, 0) is 24.1 Å². The molecule has 0 aliphatic heterocycles. The molecular weight excluding hydrogens is 273 g/mol. The smallest absolute Gasteiger partial charge is 0.0278 e. The molecule has 1 nitrogen and oxygen atoms in total. The number of hydrogen-bond donors (Lipinski definition) is 0. The Labute approximate surface area is 130 Å². The molecule has 0 saturated carbocycles. The first-order valence-corrected chi connectivity index (χ1v) is 9.23. The van der Waals surface area contributed by atoms with Crippen LogP contribution in [0.1, 0.15) is 32.6 Å². The van der Waals surface area contributed by atoms with Crippen molar-refractivity contribution in [3.63, 3.8) is 0 Å². The second-order valence-corrected chi connectivity index (χ2v) is 7.76. The van der Waals surface area contributed by atoms with Crippen LogP contribution in [-0.4, -0.2) is 18.3 Å². The zero-order chi connectivity index (χ0) is 14.9. The largest absolute Gasteiger partial charge is 0.278 e. The zero-order valence-corrected chi connectivity index (χ0v) is 14.1. The summed E-state index contributed by atoms with van der Waals surface area (Å²) in [5, 5.41) is 2.88. The Morgan fingerprint density at radius 1 is 0.762 bits per heavy atom. The Bertz CT molecular complexity index is 458. The Kier molecular flexibility index (Phi) is 6.92. The van der Waals surface area contributed by atoms with E-state index in [0.29, 0.717) is 0 Å². The summed E-state index contributed by atoms with van der Waals surface area (Å²) >= 11 is 0.